The highest BCUT2D eigenvalue weighted by molar-refractivity contribution is 6.01. The zero-order valence-corrected chi connectivity index (χ0v) is 10.9. The molecule has 2 aromatic rings. The number of Topliss-reactive ketones (excluding diaryl/α,β-unsaturated/α-hetero) is 1. The van der Waals surface area contributed by atoms with Gasteiger partial charge in [0.25, 0.3) is 0 Å². The first-order valence-corrected chi connectivity index (χ1v) is 6.45. The molecule has 0 aromatic heterocycles. The Morgan fingerprint density at radius 2 is 1.71 bits per heavy atom. The number of ketones is 1. The fourth-order valence-corrected chi connectivity index (χ4v) is 2.49. The number of carbonyl (C=O) groups is 1. The van der Waals surface area contributed by atoms with Gasteiger partial charge in [0, 0.05) is 12.0 Å². The quantitative estimate of drug-likeness (QED) is 0.821. The lowest BCUT2D eigenvalue weighted by Crippen LogP contribution is -2.17. The lowest BCUT2D eigenvalue weighted by atomic mass is 10.0. The molecule has 1 aliphatic rings. The van der Waals surface area contributed by atoms with E-state index in [-0.39, 0.29) is 11.5 Å². The van der Waals surface area contributed by atoms with Crippen molar-refractivity contribution in [1.29, 1.82) is 0 Å². The zero-order chi connectivity index (χ0) is 15.0. The third-order valence-electron chi connectivity index (χ3n) is 3.43. The van der Waals surface area contributed by atoms with E-state index in [0.29, 0.717) is 23.1 Å². The summed E-state index contributed by atoms with van der Waals surface area (Å²) in [6.07, 6.45) is -3.49. The Morgan fingerprint density at radius 3 is 2.48 bits per heavy atom. The van der Waals surface area contributed by atoms with Gasteiger partial charge in [-0.3, -0.25) is 4.79 Å². The lowest BCUT2D eigenvalue weighted by molar-refractivity contribution is -0.274. The molecular weight excluding hydrogens is 281 g/mol. The van der Waals surface area contributed by atoms with Gasteiger partial charge in [-0.05, 0) is 41.3 Å². The lowest BCUT2D eigenvalue weighted by Gasteiger charge is -2.10. The van der Waals surface area contributed by atoms with Crippen LogP contribution in [-0.2, 0) is 6.42 Å². The van der Waals surface area contributed by atoms with E-state index in [2.05, 4.69) is 4.74 Å². The highest BCUT2D eigenvalue weighted by Gasteiger charge is 2.31. The van der Waals surface area contributed by atoms with Crippen molar-refractivity contribution < 1.29 is 22.7 Å². The number of hydrogen-bond donors (Lipinski definition) is 0. The van der Waals surface area contributed by atoms with Gasteiger partial charge in [-0.25, -0.2) is 0 Å². The summed E-state index contributed by atoms with van der Waals surface area (Å²) >= 11 is 0. The van der Waals surface area contributed by atoms with E-state index in [1.165, 1.54) is 18.2 Å². The summed E-state index contributed by atoms with van der Waals surface area (Å²) in [6.45, 7) is 0. The highest BCUT2D eigenvalue weighted by Crippen LogP contribution is 2.31. The molecule has 108 valence electrons. The molecule has 0 bridgehead atoms. The average molecular weight is 292 g/mol. The normalized spacial score (nSPS) is 14.1. The molecule has 3 rings (SSSR count). The van der Waals surface area contributed by atoms with Gasteiger partial charge in [-0.2, -0.15) is 0 Å². The molecule has 0 radical (unpaired) electrons. The zero-order valence-electron chi connectivity index (χ0n) is 10.9. The monoisotopic (exact) mass is 292 g/mol. The summed E-state index contributed by atoms with van der Waals surface area (Å²) < 4.78 is 40.6. The van der Waals surface area contributed by atoms with Crippen molar-refractivity contribution in [2.75, 3.05) is 0 Å². The molecule has 0 N–H and O–H groups in total. The number of ether oxygens (including phenoxy) is 1. The predicted molar refractivity (Wildman–Crippen MR) is 71.2 cm³/mol. The summed E-state index contributed by atoms with van der Waals surface area (Å²) in [5.74, 6) is -0.193. The van der Waals surface area contributed by atoms with Crippen LogP contribution in [0.5, 0.6) is 5.75 Å². The minimum absolute atomic E-state index is 0.0783. The van der Waals surface area contributed by atoms with E-state index in [1.807, 2.05) is 12.1 Å². The molecule has 0 atom stereocenters. The van der Waals surface area contributed by atoms with Crippen LogP contribution in [0.15, 0.2) is 42.5 Å². The van der Waals surface area contributed by atoms with Gasteiger partial charge in [0.15, 0.2) is 5.78 Å². The molecule has 0 saturated carbocycles. The van der Waals surface area contributed by atoms with E-state index in [4.69, 9.17) is 0 Å². The number of benzene rings is 2. The van der Waals surface area contributed by atoms with Crippen LogP contribution in [0.4, 0.5) is 13.2 Å². The van der Waals surface area contributed by atoms with Crippen LogP contribution in [0, 0.1) is 0 Å². The van der Waals surface area contributed by atoms with Crippen molar-refractivity contribution >= 4 is 5.78 Å². The Balaban J connectivity index is 1.96. The van der Waals surface area contributed by atoms with Crippen LogP contribution in [-0.4, -0.2) is 12.1 Å². The SMILES string of the molecule is O=C1CCc2ccc(-c3cccc(OC(F)(F)F)c3)cc21. The minimum atomic E-state index is -4.72. The second kappa shape index (κ2) is 4.91. The second-order valence-corrected chi connectivity index (χ2v) is 4.87. The number of halogens is 3. The maximum atomic E-state index is 12.2. The van der Waals surface area contributed by atoms with Crippen LogP contribution in [0.25, 0.3) is 11.1 Å². The molecule has 21 heavy (non-hydrogen) atoms. The summed E-state index contributed by atoms with van der Waals surface area (Å²) in [7, 11) is 0. The molecule has 0 aliphatic heterocycles. The highest BCUT2D eigenvalue weighted by atomic mass is 19.4. The first-order chi connectivity index (χ1) is 9.92. The molecule has 0 unspecified atom stereocenters. The van der Waals surface area contributed by atoms with Gasteiger partial charge in [-0.1, -0.05) is 24.3 Å². The van der Waals surface area contributed by atoms with Crippen molar-refractivity contribution in [3.05, 3.63) is 53.6 Å². The minimum Gasteiger partial charge on any atom is -0.406 e. The van der Waals surface area contributed by atoms with Gasteiger partial charge >= 0.3 is 6.36 Å². The Labute approximate surface area is 119 Å². The van der Waals surface area contributed by atoms with E-state index in [1.54, 1.807) is 12.1 Å². The van der Waals surface area contributed by atoms with E-state index in [0.717, 1.165) is 12.0 Å². The molecule has 0 spiro atoms. The van der Waals surface area contributed by atoms with E-state index >= 15 is 0 Å². The molecule has 0 fully saturated rings. The topological polar surface area (TPSA) is 26.3 Å². The number of rotatable bonds is 2. The van der Waals surface area contributed by atoms with Crippen LogP contribution in [0.1, 0.15) is 22.3 Å². The average Bonchev–Trinajstić information content (AvgIpc) is 2.78. The Hall–Kier alpha value is -2.30. The maximum Gasteiger partial charge on any atom is 0.573 e. The van der Waals surface area contributed by atoms with Gasteiger partial charge in [-0.15, -0.1) is 13.2 Å². The summed E-state index contributed by atoms with van der Waals surface area (Å²) in [5.41, 5.74) is 2.94. The van der Waals surface area contributed by atoms with Gasteiger partial charge in [0.1, 0.15) is 5.75 Å². The number of aryl methyl sites for hydroxylation is 1. The Bertz CT molecular complexity index is 705. The largest absolute Gasteiger partial charge is 0.573 e. The molecule has 1 aliphatic carbocycles. The van der Waals surface area contributed by atoms with Crippen molar-refractivity contribution in [2.45, 2.75) is 19.2 Å². The predicted octanol–water partition coefficient (Wildman–Crippen LogP) is 4.38. The van der Waals surface area contributed by atoms with Crippen LogP contribution < -0.4 is 4.74 Å². The molecule has 0 saturated heterocycles. The fraction of sp³-hybridized carbons (Fsp3) is 0.188. The first-order valence-electron chi connectivity index (χ1n) is 6.45. The molecule has 2 nitrogen and oxygen atoms in total. The van der Waals surface area contributed by atoms with Crippen LogP contribution in [0.2, 0.25) is 0 Å². The second-order valence-electron chi connectivity index (χ2n) is 4.87. The molecular formula is C16H11F3O2. The Morgan fingerprint density at radius 1 is 0.952 bits per heavy atom. The van der Waals surface area contributed by atoms with Gasteiger partial charge < -0.3 is 4.74 Å². The first kappa shape index (κ1) is 13.7. The van der Waals surface area contributed by atoms with Crippen LogP contribution >= 0.6 is 0 Å². The van der Waals surface area contributed by atoms with E-state index in [9.17, 15) is 18.0 Å². The molecule has 0 heterocycles. The van der Waals surface area contributed by atoms with Crippen molar-refractivity contribution in [1.82, 2.24) is 0 Å². The standard InChI is InChI=1S/C16H11F3O2/c17-16(18,19)21-13-3-1-2-11(8-13)12-5-4-10-6-7-15(20)14(10)9-12/h1-5,8-9H,6-7H2. The van der Waals surface area contributed by atoms with Crippen LogP contribution in [0.3, 0.4) is 0 Å². The number of hydrogen-bond acceptors (Lipinski definition) is 2. The van der Waals surface area contributed by atoms with Crippen molar-refractivity contribution in [2.24, 2.45) is 0 Å². The molecule has 2 aromatic carbocycles. The maximum absolute atomic E-state index is 12.2. The van der Waals surface area contributed by atoms with E-state index < -0.39 is 6.36 Å². The fourth-order valence-electron chi connectivity index (χ4n) is 2.49. The smallest absolute Gasteiger partial charge is 0.406 e. The van der Waals surface area contributed by atoms with Gasteiger partial charge in [0.05, 0.1) is 0 Å². The van der Waals surface area contributed by atoms with Gasteiger partial charge in [0.2, 0.25) is 0 Å². The summed E-state index contributed by atoms with van der Waals surface area (Å²) in [4.78, 5) is 11.7. The third kappa shape index (κ3) is 2.91. The number of alkyl halides is 3. The number of fused-ring (bicyclic) bond motifs is 1. The summed E-state index contributed by atoms with van der Waals surface area (Å²) in [6, 6.07) is 11.1. The molecule has 5 heteroatoms. The Kier molecular flexibility index (Phi) is 3.20. The number of carbonyl (C=O) groups excluding carboxylic acids is 1. The molecule has 0 amide bonds. The van der Waals surface area contributed by atoms with Crippen molar-refractivity contribution in [3.8, 4) is 16.9 Å². The third-order valence-corrected chi connectivity index (χ3v) is 3.43. The van der Waals surface area contributed by atoms with Crippen molar-refractivity contribution in [3.63, 3.8) is 0 Å². The summed E-state index contributed by atoms with van der Waals surface area (Å²) in [5, 5.41) is 0.